The first-order chi connectivity index (χ1) is 13.7. The van der Waals surface area contributed by atoms with Crippen LogP contribution in [0, 0.1) is 0 Å². The number of benzene rings is 1. The lowest BCUT2D eigenvalue weighted by Crippen LogP contribution is -2.31. The molecule has 2 heterocycles. The van der Waals surface area contributed by atoms with Crippen LogP contribution in [0.5, 0.6) is 11.5 Å². The second-order valence-electron chi connectivity index (χ2n) is 6.97. The zero-order valence-corrected chi connectivity index (χ0v) is 17.2. The van der Waals surface area contributed by atoms with Crippen molar-refractivity contribution in [2.24, 2.45) is 0 Å². The summed E-state index contributed by atoms with van der Waals surface area (Å²) < 4.78 is 13.7. The van der Waals surface area contributed by atoms with Crippen molar-refractivity contribution in [1.29, 1.82) is 0 Å². The van der Waals surface area contributed by atoms with Crippen molar-refractivity contribution in [2.45, 2.75) is 44.3 Å². The summed E-state index contributed by atoms with van der Waals surface area (Å²) in [6.07, 6.45) is 3.11. The standard InChI is InChI=1S/C20H26N4O3S/c1-3-23(4-2)18(25)13-28-20-22-21-19(24(20)15-7-8-15)14-6-9-16-17(12-14)27-11-5-10-26-16/h6,9,12,15H,3-5,7-8,10-11,13H2,1-2H3. The number of carbonyl (C=O) groups is 1. The van der Waals surface area contributed by atoms with E-state index in [1.54, 1.807) is 0 Å². The molecular formula is C20H26N4O3S. The molecule has 8 heteroatoms. The molecule has 1 fully saturated rings. The molecule has 1 saturated carbocycles. The summed E-state index contributed by atoms with van der Waals surface area (Å²) in [5.41, 5.74) is 0.963. The second kappa shape index (κ2) is 8.43. The Kier molecular flexibility index (Phi) is 5.75. The zero-order valence-electron chi connectivity index (χ0n) is 16.4. The molecule has 0 bridgehead atoms. The maximum absolute atomic E-state index is 12.4. The normalized spacial score (nSPS) is 15.9. The lowest BCUT2D eigenvalue weighted by molar-refractivity contribution is -0.127. The quantitative estimate of drug-likeness (QED) is 0.661. The molecule has 28 heavy (non-hydrogen) atoms. The van der Waals surface area contributed by atoms with Gasteiger partial charge in [0.2, 0.25) is 5.91 Å². The third-order valence-corrected chi connectivity index (χ3v) is 5.95. The van der Waals surface area contributed by atoms with E-state index in [4.69, 9.17) is 9.47 Å². The molecule has 0 saturated heterocycles. The van der Waals surface area contributed by atoms with E-state index in [1.807, 2.05) is 36.9 Å². The minimum Gasteiger partial charge on any atom is -0.490 e. The fourth-order valence-corrected chi connectivity index (χ4v) is 4.24. The van der Waals surface area contributed by atoms with Crippen LogP contribution in [-0.2, 0) is 4.79 Å². The van der Waals surface area contributed by atoms with E-state index >= 15 is 0 Å². The van der Waals surface area contributed by atoms with Crippen molar-refractivity contribution in [3.05, 3.63) is 18.2 Å². The van der Waals surface area contributed by atoms with Crippen LogP contribution in [0.2, 0.25) is 0 Å². The number of hydrogen-bond acceptors (Lipinski definition) is 6. The number of nitrogens with zero attached hydrogens (tertiary/aromatic N) is 4. The van der Waals surface area contributed by atoms with E-state index in [9.17, 15) is 4.79 Å². The molecule has 0 atom stereocenters. The van der Waals surface area contributed by atoms with Gasteiger partial charge < -0.3 is 14.4 Å². The minimum atomic E-state index is 0.137. The predicted octanol–water partition coefficient (Wildman–Crippen LogP) is 3.40. The summed E-state index contributed by atoms with van der Waals surface area (Å²) in [6.45, 7) is 6.79. The third-order valence-electron chi connectivity index (χ3n) is 5.02. The van der Waals surface area contributed by atoms with Crippen molar-refractivity contribution in [3.63, 3.8) is 0 Å². The van der Waals surface area contributed by atoms with Crippen molar-refractivity contribution in [3.8, 4) is 22.9 Å². The number of fused-ring (bicyclic) bond motifs is 1. The molecule has 2 aliphatic rings. The topological polar surface area (TPSA) is 69.5 Å². The molecule has 0 spiro atoms. The van der Waals surface area contributed by atoms with Crippen molar-refractivity contribution in [1.82, 2.24) is 19.7 Å². The molecule has 1 aliphatic carbocycles. The Balaban J connectivity index is 1.57. The first kappa shape index (κ1) is 19.1. The van der Waals surface area contributed by atoms with E-state index in [-0.39, 0.29) is 5.91 Å². The Labute approximate surface area is 169 Å². The third kappa shape index (κ3) is 3.97. The summed E-state index contributed by atoms with van der Waals surface area (Å²) in [7, 11) is 0. The molecule has 0 unspecified atom stereocenters. The Bertz CT molecular complexity index is 846. The molecule has 7 nitrogen and oxygen atoms in total. The fourth-order valence-electron chi connectivity index (χ4n) is 3.33. The van der Waals surface area contributed by atoms with Crippen molar-refractivity contribution in [2.75, 3.05) is 32.1 Å². The van der Waals surface area contributed by atoms with Gasteiger partial charge in [-0.1, -0.05) is 11.8 Å². The van der Waals surface area contributed by atoms with E-state index in [1.165, 1.54) is 11.8 Å². The van der Waals surface area contributed by atoms with E-state index < -0.39 is 0 Å². The molecule has 0 radical (unpaired) electrons. The van der Waals surface area contributed by atoms with Crippen LogP contribution in [0.1, 0.15) is 39.2 Å². The van der Waals surface area contributed by atoms with Gasteiger partial charge in [0.15, 0.2) is 22.5 Å². The first-order valence-electron chi connectivity index (χ1n) is 9.96. The molecule has 1 aliphatic heterocycles. The van der Waals surface area contributed by atoms with E-state index in [0.717, 1.165) is 60.4 Å². The van der Waals surface area contributed by atoms with Gasteiger partial charge in [-0.15, -0.1) is 10.2 Å². The van der Waals surface area contributed by atoms with Crippen LogP contribution < -0.4 is 9.47 Å². The van der Waals surface area contributed by atoms with Crippen LogP contribution in [0.4, 0.5) is 0 Å². The van der Waals surface area contributed by atoms with E-state index in [2.05, 4.69) is 14.8 Å². The summed E-state index contributed by atoms with van der Waals surface area (Å²) in [5.74, 6) is 2.88. The van der Waals surface area contributed by atoms with Gasteiger partial charge in [0, 0.05) is 31.1 Å². The van der Waals surface area contributed by atoms with Crippen LogP contribution >= 0.6 is 11.8 Å². The monoisotopic (exact) mass is 402 g/mol. The van der Waals surface area contributed by atoms with Gasteiger partial charge >= 0.3 is 0 Å². The average Bonchev–Trinajstić information content (AvgIpc) is 3.50. The van der Waals surface area contributed by atoms with Gasteiger partial charge in [0.25, 0.3) is 0 Å². The predicted molar refractivity (Wildman–Crippen MR) is 108 cm³/mol. The lowest BCUT2D eigenvalue weighted by Gasteiger charge is -2.18. The number of ether oxygens (including phenoxy) is 2. The fraction of sp³-hybridized carbons (Fsp3) is 0.550. The Hall–Kier alpha value is -2.22. The highest BCUT2D eigenvalue weighted by Gasteiger charge is 2.31. The van der Waals surface area contributed by atoms with Crippen LogP contribution in [0.15, 0.2) is 23.4 Å². The van der Waals surface area contributed by atoms with Crippen molar-refractivity contribution < 1.29 is 14.3 Å². The number of hydrogen-bond donors (Lipinski definition) is 0. The number of aromatic nitrogens is 3. The maximum atomic E-state index is 12.4. The van der Waals surface area contributed by atoms with Gasteiger partial charge in [-0.3, -0.25) is 9.36 Å². The van der Waals surface area contributed by atoms with E-state index in [0.29, 0.717) is 25.0 Å². The number of rotatable bonds is 7. The molecule has 1 aromatic heterocycles. The minimum absolute atomic E-state index is 0.137. The summed E-state index contributed by atoms with van der Waals surface area (Å²) in [6, 6.07) is 6.34. The first-order valence-corrected chi connectivity index (χ1v) is 10.9. The summed E-state index contributed by atoms with van der Waals surface area (Å²) in [4.78, 5) is 14.2. The smallest absolute Gasteiger partial charge is 0.233 e. The molecule has 1 aromatic carbocycles. The van der Waals surface area contributed by atoms with Crippen LogP contribution in [-0.4, -0.2) is 57.6 Å². The molecular weight excluding hydrogens is 376 g/mol. The maximum Gasteiger partial charge on any atom is 0.233 e. The second-order valence-corrected chi connectivity index (χ2v) is 7.92. The highest BCUT2D eigenvalue weighted by Crippen LogP contribution is 2.42. The number of amides is 1. The van der Waals surface area contributed by atoms with Gasteiger partial charge in [-0.25, -0.2) is 0 Å². The molecule has 150 valence electrons. The lowest BCUT2D eigenvalue weighted by atomic mass is 10.2. The molecule has 1 amide bonds. The van der Waals surface area contributed by atoms with Gasteiger partial charge in [-0.2, -0.15) is 0 Å². The van der Waals surface area contributed by atoms with Crippen LogP contribution in [0.25, 0.3) is 11.4 Å². The zero-order chi connectivity index (χ0) is 19.5. The SMILES string of the molecule is CCN(CC)C(=O)CSc1nnc(-c2ccc3c(c2)OCCCO3)n1C1CC1. The molecule has 2 aromatic rings. The van der Waals surface area contributed by atoms with Crippen molar-refractivity contribution >= 4 is 17.7 Å². The summed E-state index contributed by atoms with van der Waals surface area (Å²) >= 11 is 1.47. The Morgan fingerprint density at radius 1 is 1.18 bits per heavy atom. The average molecular weight is 403 g/mol. The Morgan fingerprint density at radius 2 is 1.93 bits per heavy atom. The van der Waals surface area contributed by atoms with Crippen LogP contribution in [0.3, 0.4) is 0 Å². The Morgan fingerprint density at radius 3 is 2.64 bits per heavy atom. The van der Waals surface area contributed by atoms with Gasteiger partial charge in [0.05, 0.1) is 19.0 Å². The largest absolute Gasteiger partial charge is 0.490 e. The molecule has 0 N–H and O–H groups in total. The molecule has 4 rings (SSSR count). The van der Waals surface area contributed by atoms with Gasteiger partial charge in [0.1, 0.15) is 0 Å². The number of carbonyl (C=O) groups excluding carboxylic acids is 1. The highest BCUT2D eigenvalue weighted by molar-refractivity contribution is 7.99. The number of thioether (sulfide) groups is 1. The highest BCUT2D eigenvalue weighted by atomic mass is 32.2. The van der Waals surface area contributed by atoms with Gasteiger partial charge in [-0.05, 0) is 44.9 Å². The summed E-state index contributed by atoms with van der Waals surface area (Å²) in [5, 5.41) is 9.66.